The average molecular weight is 405 g/mol. The van der Waals surface area contributed by atoms with E-state index < -0.39 is 6.10 Å². The number of aliphatic hydroxyl groups is 1. The summed E-state index contributed by atoms with van der Waals surface area (Å²) in [4.78, 5) is 24.2. The fraction of sp³-hybridized carbons (Fsp3) is 0.750. The number of cyclic esters (lactones) is 1. The van der Waals surface area contributed by atoms with Gasteiger partial charge < -0.3 is 14.6 Å². The van der Waals surface area contributed by atoms with E-state index in [1.807, 2.05) is 13.8 Å². The van der Waals surface area contributed by atoms with Crippen LogP contribution in [-0.4, -0.2) is 35.4 Å². The molecule has 1 aliphatic heterocycles. The first-order valence-electron chi connectivity index (χ1n) is 11.3. The van der Waals surface area contributed by atoms with E-state index in [0.717, 1.165) is 25.7 Å². The van der Waals surface area contributed by atoms with Gasteiger partial charge in [-0.25, -0.2) is 0 Å². The number of carbonyl (C=O) groups excluding carboxylic acids is 2. The third kappa shape index (κ3) is 5.30. The number of allylic oxidation sites excluding steroid dienone is 3. The summed E-state index contributed by atoms with van der Waals surface area (Å²) in [5.41, 5.74) is 1.27. The molecule has 0 radical (unpaired) electrons. The van der Waals surface area contributed by atoms with Crippen molar-refractivity contribution in [2.24, 2.45) is 29.6 Å². The van der Waals surface area contributed by atoms with E-state index in [-0.39, 0.29) is 42.4 Å². The van der Waals surface area contributed by atoms with Crippen molar-refractivity contribution in [1.29, 1.82) is 0 Å². The predicted molar refractivity (Wildman–Crippen MR) is 111 cm³/mol. The molecule has 0 saturated carbocycles. The van der Waals surface area contributed by atoms with Crippen LogP contribution in [0.2, 0.25) is 0 Å². The number of hydrogen-bond donors (Lipinski definition) is 1. The molecule has 8 atom stereocenters. The molecule has 0 spiro atoms. The first kappa shape index (κ1) is 22.1. The molecule has 1 heterocycles. The lowest BCUT2D eigenvalue weighted by Crippen LogP contribution is -2.42. The molecule has 1 N–H and O–H groups in total. The van der Waals surface area contributed by atoms with Crippen LogP contribution in [0.15, 0.2) is 23.8 Å². The zero-order valence-corrected chi connectivity index (χ0v) is 18.2. The summed E-state index contributed by atoms with van der Waals surface area (Å²) in [6.07, 6.45) is 9.70. The topological polar surface area (TPSA) is 72.8 Å². The lowest BCUT2D eigenvalue weighted by molar-refractivity contribution is -0.162. The lowest BCUT2D eigenvalue weighted by Gasteiger charge is -2.43. The second-order valence-electron chi connectivity index (χ2n) is 9.36. The van der Waals surface area contributed by atoms with Gasteiger partial charge in [-0.3, -0.25) is 9.59 Å². The Hall–Kier alpha value is -1.62. The highest BCUT2D eigenvalue weighted by Gasteiger charge is 2.42. The molecule has 0 aromatic carbocycles. The third-order valence-corrected chi connectivity index (χ3v) is 6.93. The molecule has 0 bridgehead atoms. The van der Waals surface area contributed by atoms with Gasteiger partial charge in [0.15, 0.2) is 0 Å². The number of ether oxygens (including phenoxy) is 2. The molecule has 3 rings (SSSR count). The van der Waals surface area contributed by atoms with E-state index >= 15 is 0 Å². The van der Waals surface area contributed by atoms with Crippen molar-refractivity contribution in [2.45, 2.75) is 84.5 Å². The van der Waals surface area contributed by atoms with Crippen LogP contribution in [0.4, 0.5) is 0 Å². The number of rotatable bonds is 6. The van der Waals surface area contributed by atoms with E-state index in [0.29, 0.717) is 24.2 Å². The minimum Gasteiger partial charge on any atom is -0.462 e. The van der Waals surface area contributed by atoms with Gasteiger partial charge in [0.1, 0.15) is 12.2 Å². The highest BCUT2D eigenvalue weighted by molar-refractivity contribution is 5.72. The molecule has 0 aromatic heterocycles. The van der Waals surface area contributed by atoms with Gasteiger partial charge in [0, 0.05) is 12.3 Å². The first-order valence-corrected chi connectivity index (χ1v) is 11.3. The Morgan fingerprint density at radius 1 is 1.31 bits per heavy atom. The fourth-order valence-electron chi connectivity index (χ4n) is 5.07. The molecule has 29 heavy (non-hydrogen) atoms. The first-order chi connectivity index (χ1) is 13.8. The Balaban J connectivity index is 1.74. The molecule has 5 nitrogen and oxygen atoms in total. The van der Waals surface area contributed by atoms with E-state index in [2.05, 4.69) is 32.1 Å². The van der Waals surface area contributed by atoms with Crippen LogP contribution >= 0.6 is 0 Å². The zero-order chi connectivity index (χ0) is 21.1. The van der Waals surface area contributed by atoms with Crippen LogP contribution < -0.4 is 0 Å². The van der Waals surface area contributed by atoms with E-state index in [9.17, 15) is 14.7 Å². The van der Waals surface area contributed by atoms with Gasteiger partial charge in [-0.05, 0) is 49.0 Å². The predicted octanol–water partition coefficient (Wildman–Crippen LogP) is 4.20. The molecule has 1 saturated heterocycles. The van der Waals surface area contributed by atoms with Gasteiger partial charge in [0.05, 0.1) is 18.4 Å². The van der Waals surface area contributed by atoms with Gasteiger partial charge in [-0.15, -0.1) is 0 Å². The number of aliphatic hydroxyl groups excluding tert-OH is 1. The third-order valence-electron chi connectivity index (χ3n) is 6.93. The van der Waals surface area contributed by atoms with Gasteiger partial charge in [0.2, 0.25) is 0 Å². The maximum Gasteiger partial charge on any atom is 0.308 e. The molecule has 1 fully saturated rings. The molecule has 162 valence electrons. The quantitative estimate of drug-likeness (QED) is 0.672. The summed E-state index contributed by atoms with van der Waals surface area (Å²) in [6.45, 7) is 8.33. The Bertz CT molecular complexity index is 666. The lowest BCUT2D eigenvalue weighted by atomic mass is 9.65. The number of esters is 2. The Labute approximate surface area is 174 Å². The van der Waals surface area contributed by atoms with Gasteiger partial charge >= 0.3 is 11.9 Å². The molecule has 0 aromatic rings. The van der Waals surface area contributed by atoms with Crippen molar-refractivity contribution in [1.82, 2.24) is 0 Å². The average Bonchev–Trinajstić information content (AvgIpc) is 2.65. The van der Waals surface area contributed by atoms with Crippen molar-refractivity contribution >= 4 is 11.9 Å². The van der Waals surface area contributed by atoms with Crippen LogP contribution in [-0.2, 0) is 19.1 Å². The van der Waals surface area contributed by atoms with Crippen LogP contribution in [0.3, 0.4) is 0 Å². The number of carbonyl (C=O) groups is 2. The van der Waals surface area contributed by atoms with Crippen molar-refractivity contribution in [3.05, 3.63) is 23.8 Å². The second-order valence-corrected chi connectivity index (χ2v) is 9.36. The minimum absolute atomic E-state index is 0.0854. The van der Waals surface area contributed by atoms with Gasteiger partial charge in [0.25, 0.3) is 0 Å². The van der Waals surface area contributed by atoms with Crippen LogP contribution in [0, 0.1) is 29.6 Å². The summed E-state index contributed by atoms with van der Waals surface area (Å²) < 4.78 is 11.5. The van der Waals surface area contributed by atoms with Crippen molar-refractivity contribution in [3.8, 4) is 0 Å². The normalized spacial score (nSPS) is 37.9. The summed E-state index contributed by atoms with van der Waals surface area (Å²) >= 11 is 0. The Kier molecular flexibility index (Phi) is 7.20. The maximum atomic E-state index is 12.5. The van der Waals surface area contributed by atoms with Crippen LogP contribution in [0.25, 0.3) is 0 Å². The SMILES string of the molecule is CC[C@H](C)C(=O)O[C@H]1C[C@H](C)C=C2C=C[C@H](C)[C@H](CC[C@@H]3C[C@@H](O)CC(=O)O3)[C@H]21. The van der Waals surface area contributed by atoms with Crippen LogP contribution in [0.1, 0.15) is 66.2 Å². The second kappa shape index (κ2) is 9.46. The Morgan fingerprint density at radius 3 is 2.76 bits per heavy atom. The van der Waals surface area contributed by atoms with E-state index in [1.54, 1.807) is 0 Å². The molecule has 0 amide bonds. The molecule has 3 aliphatic rings. The molecule has 2 aliphatic carbocycles. The van der Waals surface area contributed by atoms with Gasteiger partial charge in [-0.2, -0.15) is 0 Å². The van der Waals surface area contributed by atoms with Crippen molar-refractivity contribution in [2.75, 3.05) is 0 Å². The number of fused-ring (bicyclic) bond motifs is 1. The summed E-state index contributed by atoms with van der Waals surface area (Å²) in [7, 11) is 0. The standard InChI is InChI=1S/C24H36O5/c1-5-15(3)24(27)29-21-11-14(2)10-17-7-6-16(4)20(23(17)21)9-8-19-12-18(25)13-22(26)28-19/h6-7,10,14-16,18-21,23,25H,5,8-9,11-13H2,1-4H3/t14-,15+,16+,18-,19-,20+,21+,23+/m1/s1. The molecule has 0 unspecified atom stereocenters. The van der Waals surface area contributed by atoms with E-state index in [4.69, 9.17) is 9.47 Å². The van der Waals surface area contributed by atoms with Crippen LogP contribution in [0.5, 0.6) is 0 Å². The highest BCUT2D eigenvalue weighted by atomic mass is 16.5. The van der Waals surface area contributed by atoms with Crippen molar-refractivity contribution < 1.29 is 24.2 Å². The summed E-state index contributed by atoms with van der Waals surface area (Å²) in [5.74, 6) is 0.755. The molecular weight excluding hydrogens is 368 g/mol. The largest absolute Gasteiger partial charge is 0.462 e. The zero-order valence-electron chi connectivity index (χ0n) is 18.2. The summed E-state index contributed by atoms with van der Waals surface area (Å²) in [6, 6.07) is 0. The maximum absolute atomic E-state index is 12.5. The van der Waals surface area contributed by atoms with Crippen molar-refractivity contribution in [3.63, 3.8) is 0 Å². The smallest absolute Gasteiger partial charge is 0.308 e. The van der Waals surface area contributed by atoms with Gasteiger partial charge in [-0.1, -0.05) is 45.9 Å². The Morgan fingerprint density at radius 2 is 2.07 bits per heavy atom. The minimum atomic E-state index is -0.597. The van der Waals surface area contributed by atoms with E-state index in [1.165, 1.54) is 5.57 Å². The molecule has 5 heteroatoms. The fourth-order valence-corrected chi connectivity index (χ4v) is 5.07. The molecular formula is C24H36O5. The monoisotopic (exact) mass is 404 g/mol. The summed E-state index contributed by atoms with van der Waals surface area (Å²) in [5, 5.41) is 9.89. The number of hydrogen-bond acceptors (Lipinski definition) is 5. The highest BCUT2D eigenvalue weighted by Crippen LogP contribution is 2.45.